The van der Waals surface area contributed by atoms with E-state index < -0.39 is 0 Å². The van der Waals surface area contributed by atoms with Crippen LogP contribution < -0.4 is 15.0 Å². The molecule has 0 aliphatic carbocycles. The van der Waals surface area contributed by atoms with Gasteiger partial charge in [0.2, 0.25) is 0 Å². The highest BCUT2D eigenvalue weighted by atomic mass is 16.5. The standard InChI is InChI=1S/C16H24N2O/c1-13-6-4-9-17-14(13)12-18-10-5-11-19-16-8-3-2-7-15(16)18/h2-3,7-8,13-14,17H,4-6,9-12H2,1H3. The molecule has 3 nitrogen and oxygen atoms in total. The Labute approximate surface area is 115 Å². The first-order valence-electron chi connectivity index (χ1n) is 7.55. The highest BCUT2D eigenvalue weighted by molar-refractivity contribution is 5.59. The summed E-state index contributed by atoms with van der Waals surface area (Å²) in [5.41, 5.74) is 1.26. The summed E-state index contributed by atoms with van der Waals surface area (Å²) in [7, 11) is 0. The Hall–Kier alpha value is -1.22. The lowest BCUT2D eigenvalue weighted by atomic mass is 9.92. The van der Waals surface area contributed by atoms with E-state index >= 15 is 0 Å². The Bertz CT molecular complexity index is 421. The second-order valence-electron chi connectivity index (χ2n) is 5.80. The van der Waals surface area contributed by atoms with Crippen molar-refractivity contribution in [1.82, 2.24) is 5.32 Å². The Morgan fingerprint density at radius 2 is 2.21 bits per heavy atom. The van der Waals surface area contributed by atoms with E-state index in [4.69, 9.17) is 4.74 Å². The minimum Gasteiger partial charge on any atom is -0.491 e. The molecule has 3 heteroatoms. The number of para-hydroxylation sites is 2. The van der Waals surface area contributed by atoms with Crippen LogP contribution in [0.25, 0.3) is 0 Å². The van der Waals surface area contributed by atoms with Crippen LogP contribution in [0.3, 0.4) is 0 Å². The first-order valence-corrected chi connectivity index (χ1v) is 7.55. The number of piperidine rings is 1. The van der Waals surface area contributed by atoms with Gasteiger partial charge in [-0.1, -0.05) is 19.1 Å². The van der Waals surface area contributed by atoms with Crippen LogP contribution in [0.4, 0.5) is 5.69 Å². The van der Waals surface area contributed by atoms with Gasteiger partial charge in [0.25, 0.3) is 0 Å². The van der Waals surface area contributed by atoms with Crippen molar-refractivity contribution in [1.29, 1.82) is 0 Å². The molecule has 1 saturated heterocycles. The number of fused-ring (bicyclic) bond motifs is 1. The number of anilines is 1. The van der Waals surface area contributed by atoms with E-state index in [1.165, 1.54) is 25.1 Å². The Kier molecular flexibility index (Phi) is 3.92. The van der Waals surface area contributed by atoms with E-state index in [0.717, 1.165) is 37.8 Å². The van der Waals surface area contributed by atoms with Gasteiger partial charge in [-0.15, -0.1) is 0 Å². The number of hydrogen-bond donors (Lipinski definition) is 1. The molecule has 0 saturated carbocycles. The molecular formula is C16H24N2O. The van der Waals surface area contributed by atoms with Crippen LogP contribution in [-0.4, -0.2) is 32.3 Å². The largest absolute Gasteiger partial charge is 0.491 e. The molecule has 2 unspecified atom stereocenters. The minimum absolute atomic E-state index is 0.611. The summed E-state index contributed by atoms with van der Waals surface area (Å²) in [5.74, 6) is 1.81. The van der Waals surface area contributed by atoms with Gasteiger partial charge in [-0.25, -0.2) is 0 Å². The third-order valence-corrected chi connectivity index (χ3v) is 4.38. The zero-order valence-electron chi connectivity index (χ0n) is 11.8. The van der Waals surface area contributed by atoms with Gasteiger partial charge >= 0.3 is 0 Å². The van der Waals surface area contributed by atoms with Crippen molar-refractivity contribution in [3.8, 4) is 5.75 Å². The van der Waals surface area contributed by atoms with E-state index in [-0.39, 0.29) is 0 Å². The summed E-state index contributed by atoms with van der Waals surface area (Å²) >= 11 is 0. The molecule has 0 bridgehead atoms. The molecule has 0 aromatic heterocycles. The predicted molar refractivity (Wildman–Crippen MR) is 79.0 cm³/mol. The normalized spacial score (nSPS) is 27.3. The topological polar surface area (TPSA) is 24.5 Å². The second kappa shape index (κ2) is 5.83. The van der Waals surface area contributed by atoms with E-state index in [1.807, 2.05) is 0 Å². The maximum Gasteiger partial charge on any atom is 0.142 e. The third kappa shape index (κ3) is 2.86. The lowest BCUT2D eigenvalue weighted by Crippen LogP contribution is -2.48. The van der Waals surface area contributed by atoms with E-state index in [0.29, 0.717) is 6.04 Å². The number of nitrogens with one attached hydrogen (secondary N) is 1. The Balaban J connectivity index is 1.76. The van der Waals surface area contributed by atoms with Crippen molar-refractivity contribution in [2.24, 2.45) is 5.92 Å². The predicted octanol–water partition coefficient (Wildman–Crippen LogP) is 2.66. The average molecular weight is 260 g/mol. The maximum absolute atomic E-state index is 5.83. The summed E-state index contributed by atoms with van der Waals surface area (Å²) < 4.78 is 5.83. The van der Waals surface area contributed by atoms with E-state index in [2.05, 4.69) is 41.4 Å². The number of ether oxygens (including phenoxy) is 1. The second-order valence-corrected chi connectivity index (χ2v) is 5.80. The molecule has 0 spiro atoms. The van der Waals surface area contributed by atoms with Crippen LogP contribution in [0, 0.1) is 5.92 Å². The molecule has 2 heterocycles. The zero-order valence-corrected chi connectivity index (χ0v) is 11.8. The summed E-state index contributed by atoms with van der Waals surface area (Å²) in [6.07, 6.45) is 3.77. The summed E-state index contributed by atoms with van der Waals surface area (Å²) in [6.45, 7) is 6.57. The molecule has 2 aliphatic heterocycles. The fraction of sp³-hybridized carbons (Fsp3) is 0.625. The number of rotatable bonds is 2. The van der Waals surface area contributed by atoms with Gasteiger partial charge < -0.3 is 15.0 Å². The van der Waals surface area contributed by atoms with Gasteiger partial charge in [0.15, 0.2) is 0 Å². The van der Waals surface area contributed by atoms with E-state index in [9.17, 15) is 0 Å². The molecule has 0 amide bonds. The molecule has 19 heavy (non-hydrogen) atoms. The van der Waals surface area contributed by atoms with Gasteiger partial charge in [0.1, 0.15) is 5.75 Å². The van der Waals surface area contributed by atoms with Crippen LogP contribution in [-0.2, 0) is 0 Å². The van der Waals surface area contributed by atoms with Crippen LogP contribution in [0.1, 0.15) is 26.2 Å². The SMILES string of the molecule is CC1CCCNC1CN1CCCOc2ccccc21. The molecule has 1 aromatic carbocycles. The van der Waals surface area contributed by atoms with Crippen molar-refractivity contribution in [3.05, 3.63) is 24.3 Å². The van der Waals surface area contributed by atoms with Gasteiger partial charge in [-0.05, 0) is 43.9 Å². The fourth-order valence-corrected chi connectivity index (χ4v) is 3.18. The smallest absolute Gasteiger partial charge is 0.142 e. The highest BCUT2D eigenvalue weighted by Crippen LogP contribution is 2.31. The van der Waals surface area contributed by atoms with Crippen molar-refractivity contribution in [2.45, 2.75) is 32.2 Å². The molecule has 1 aromatic rings. The first-order chi connectivity index (χ1) is 9.34. The fourth-order valence-electron chi connectivity index (χ4n) is 3.18. The molecule has 2 aliphatic rings. The van der Waals surface area contributed by atoms with Crippen LogP contribution in [0.2, 0.25) is 0 Å². The monoisotopic (exact) mass is 260 g/mol. The van der Waals surface area contributed by atoms with E-state index in [1.54, 1.807) is 0 Å². The molecule has 2 atom stereocenters. The highest BCUT2D eigenvalue weighted by Gasteiger charge is 2.25. The number of nitrogens with zero attached hydrogens (tertiary/aromatic N) is 1. The minimum atomic E-state index is 0.611. The van der Waals surface area contributed by atoms with Crippen molar-refractivity contribution >= 4 is 5.69 Å². The summed E-state index contributed by atoms with van der Waals surface area (Å²) in [4.78, 5) is 2.50. The quantitative estimate of drug-likeness (QED) is 0.885. The number of hydrogen-bond acceptors (Lipinski definition) is 3. The van der Waals surface area contributed by atoms with Gasteiger partial charge in [0, 0.05) is 19.1 Å². The van der Waals surface area contributed by atoms with Crippen molar-refractivity contribution < 1.29 is 4.74 Å². The maximum atomic E-state index is 5.83. The Morgan fingerprint density at radius 3 is 3.11 bits per heavy atom. The average Bonchev–Trinajstić information content (AvgIpc) is 2.64. The lowest BCUT2D eigenvalue weighted by Gasteiger charge is -2.35. The third-order valence-electron chi connectivity index (χ3n) is 4.38. The van der Waals surface area contributed by atoms with Crippen LogP contribution >= 0.6 is 0 Å². The summed E-state index contributed by atoms with van der Waals surface area (Å²) in [5, 5.41) is 3.68. The molecule has 104 valence electrons. The molecule has 0 radical (unpaired) electrons. The van der Waals surface area contributed by atoms with Crippen LogP contribution in [0.15, 0.2) is 24.3 Å². The molecule has 1 fully saturated rings. The molecule has 1 N–H and O–H groups in total. The van der Waals surface area contributed by atoms with Crippen molar-refractivity contribution in [2.75, 3.05) is 31.1 Å². The number of benzene rings is 1. The molecule has 3 rings (SSSR count). The summed E-state index contributed by atoms with van der Waals surface area (Å²) in [6, 6.07) is 9.06. The van der Waals surface area contributed by atoms with Crippen molar-refractivity contribution in [3.63, 3.8) is 0 Å². The van der Waals surface area contributed by atoms with Crippen LogP contribution in [0.5, 0.6) is 5.75 Å². The molecular weight excluding hydrogens is 236 g/mol. The lowest BCUT2D eigenvalue weighted by molar-refractivity contribution is 0.300. The van der Waals surface area contributed by atoms with Gasteiger partial charge in [-0.2, -0.15) is 0 Å². The first kappa shape index (κ1) is 12.8. The Morgan fingerprint density at radius 1 is 1.32 bits per heavy atom. The van der Waals surface area contributed by atoms with Gasteiger partial charge in [-0.3, -0.25) is 0 Å². The zero-order chi connectivity index (χ0) is 13.1. The van der Waals surface area contributed by atoms with Gasteiger partial charge in [0.05, 0.1) is 12.3 Å².